The normalized spacial score (nSPS) is 30.2. The van der Waals surface area contributed by atoms with Crippen LogP contribution in [0.3, 0.4) is 0 Å². The Morgan fingerprint density at radius 1 is 1.33 bits per heavy atom. The van der Waals surface area contributed by atoms with Crippen molar-refractivity contribution >= 4 is 5.78 Å². The van der Waals surface area contributed by atoms with Crippen molar-refractivity contribution in [3.63, 3.8) is 0 Å². The highest BCUT2D eigenvalue weighted by atomic mass is 16.1. The zero-order valence-corrected chi connectivity index (χ0v) is 8.10. The summed E-state index contributed by atoms with van der Waals surface area (Å²) in [4.78, 5) is 10.7. The number of Topliss-reactive ketones (excluding diaryl/α,β-unsaturated/α-hetero) is 1. The van der Waals surface area contributed by atoms with Gasteiger partial charge < -0.3 is 5.32 Å². The summed E-state index contributed by atoms with van der Waals surface area (Å²) in [5.74, 6) is 1.13. The highest BCUT2D eigenvalue weighted by Gasteiger charge is 2.17. The first kappa shape index (κ1) is 9.72. The highest BCUT2D eigenvalue weighted by Crippen LogP contribution is 2.23. The molecule has 0 bridgehead atoms. The summed E-state index contributed by atoms with van der Waals surface area (Å²) in [6.45, 7) is 4.50. The molecule has 0 unspecified atom stereocenters. The molecule has 1 N–H and O–H groups in total. The molecule has 0 spiro atoms. The minimum atomic E-state index is 0.244. The molecule has 1 fully saturated rings. The van der Waals surface area contributed by atoms with Crippen LogP contribution in [0, 0.1) is 5.92 Å². The summed E-state index contributed by atoms with van der Waals surface area (Å²) >= 11 is 0. The lowest BCUT2D eigenvalue weighted by atomic mass is 9.87. The quantitative estimate of drug-likeness (QED) is 0.697. The van der Waals surface area contributed by atoms with E-state index >= 15 is 0 Å². The van der Waals surface area contributed by atoms with Crippen molar-refractivity contribution < 1.29 is 4.79 Å². The molecular weight excluding hydrogens is 150 g/mol. The van der Waals surface area contributed by atoms with Crippen LogP contribution in [-0.2, 0) is 4.79 Å². The Kier molecular flexibility index (Phi) is 3.73. The van der Waals surface area contributed by atoms with Gasteiger partial charge in [0.1, 0.15) is 5.78 Å². The van der Waals surface area contributed by atoms with Gasteiger partial charge in [-0.15, -0.1) is 0 Å². The number of carbonyl (C=O) groups excluding carboxylic acids is 1. The zero-order chi connectivity index (χ0) is 8.97. The van der Waals surface area contributed by atoms with Gasteiger partial charge in [-0.3, -0.25) is 4.79 Å². The van der Waals surface area contributed by atoms with Gasteiger partial charge in [0.05, 0.1) is 6.54 Å². The van der Waals surface area contributed by atoms with Crippen LogP contribution in [0.1, 0.15) is 39.5 Å². The second kappa shape index (κ2) is 4.61. The summed E-state index contributed by atoms with van der Waals surface area (Å²) in [7, 11) is 0. The van der Waals surface area contributed by atoms with Crippen LogP contribution in [-0.4, -0.2) is 18.4 Å². The van der Waals surface area contributed by atoms with Crippen molar-refractivity contribution in [1.29, 1.82) is 0 Å². The monoisotopic (exact) mass is 169 g/mol. The van der Waals surface area contributed by atoms with Crippen molar-refractivity contribution in [2.75, 3.05) is 6.54 Å². The summed E-state index contributed by atoms with van der Waals surface area (Å²) in [6.07, 6.45) is 5.12. The number of rotatable bonds is 3. The third-order valence-corrected chi connectivity index (χ3v) is 2.66. The Labute approximate surface area is 74.7 Å². The number of nitrogens with one attached hydrogen (secondary N) is 1. The van der Waals surface area contributed by atoms with E-state index in [2.05, 4.69) is 12.2 Å². The van der Waals surface area contributed by atoms with Gasteiger partial charge in [0.25, 0.3) is 0 Å². The zero-order valence-electron chi connectivity index (χ0n) is 8.10. The van der Waals surface area contributed by atoms with Crippen LogP contribution < -0.4 is 5.32 Å². The van der Waals surface area contributed by atoms with Crippen LogP contribution in [0.2, 0.25) is 0 Å². The molecule has 0 aromatic rings. The van der Waals surface area contributed by atoms with Gasteiger partial charge in [-0.25, -0.2) is 0 Å². The van der Waals surface area contributed by atoms with E-state index in [-0.39, 0.29) is 5.78 Å². The van der Waals surface area contributed by atoms with Gasteiger partial charge in [-0.2, -0.15) is 0 Å². The minimum Gasteiger partial charge on any atom is -0.307 e. The Hall–Kier alpha value is -0.370. The maximum absolute atomic E-state index is 10.7. The molecule has 0 amide bonds. The number of hydrogen-bond acceptors (Lipinski definition) is 2. The fraction of sp³-hybridized carbons (Fsp3) is 0.900. The summed E-state index contributed by atoms with van der Waals surface area (Å²) < 4.78 is 0. The topological polar surface area (TPSA) is 29.1 Å². The third-order valence-electron chi connectivity index (χ3n) is 2.66. The van der Waals surface area contributed by atoms with E-state index < -0.39 is 0 Å². The Morgan fingerprint density at radius 3 is 2.42 bits per heavy atom. The summed E-state index contributed by atoms with van der Waals surface area (Å²) in [5, 5.41) is 3.29. The van der Waals surface area contributed by atoms with Crippen LogP contribution in [0.4, 0.5) is 0 Å². The van der Waals surface area contributed by atoms with Gasteiger partial charge in [0, 0.05) is 6.04 Å². The summed E-state index contributed by atoms with van der Waals surface area (Å²) in [5.41, 5.74) is 0. The van der Waals surface area contributed by atoms with Crippen LogP contribution >= 0.6 is 0 Å². The molecule has 1 aliphatic carbocycles. The molecule has 0 radical (unpaired) electrons. The first-order valence-electron chi connectivity index (χ1n) is 4.91. The van der Waals surface area contributed by atoms with Gasteiger partial charge in [0.2, 0.25) is 0 Å². The predicted octanol–water partition coefficient (Wildman–Crippen LogP) is 1.74. The van der Waals surface area contributed by atoms with Crippen molar-refractivity contribution in [2.24, 2.45) is 5.92 Å². The largest absolute Gasteiger partial charge is 0.307 e. The van der Waals surface area contributed by atoms with Crippen molar-refractivity contribution in [3.8, 4) is 0 Å². The maximum Gasteiger partial charge on any atom is 0.143 e. The third kappa shape index (κ3) is 3.35. The van der Waals surface area contributed by atoms with Crippen molar-refractivity contribution in [3.05, 3.63) is 0 Å². The average Bonchev–Trinajstić information content (AvgIpc) is 2.03. The molecular formula is C10H19NO. The van der Waals surface area contributed by atoms with E-state index in [4.69, 9.17) is 0 Å². The fourth-order valence-corrected chi connectivity index (χ4v) is 1.75. The number of carbonyl (C=O) groups is 1. The molecule has 0 aromatic carbocycles. The highest BCUT2D eigenvalue weighted by molar-refractivity contribution is 5.77. The molecule has 70 valence electrons. The summed E-state index contributed by atoms with van der Waals surface area (Å²) in [6, 6.07) is 0.602. The van der Waals surface area contributed by atoms with E-state index in [1.807, 2.05) is 0 Å². The Balaban J connectivity index is 2.13. The molecule has 0 atom stereocenters. The SMILES string of the molecule is CC(=O)CNC1CCC(C)CC1. The molecule has 0 saturated heterocycles. The van der Waals surface area contributed by atoms with E-state index in [0.29, 0.717) is 12.6 Å². The van der Waals surface area contributed by atoms with E-state index in [1.165, 1.54) is 25.7 Å². The molecule has 0 heterocycles. The first-order chi connectivity index (χ1) is 5.68. The maximum atomic E-state index is 10.7. The number of ketones is 1. The Bertz CT molecular complexity index is 148. The molecule has 2 nitrogen and oxygen atoms in total. The van der Waals surface area contributed by atoms with Gasteiger partial charge in [-0.05, 0) is 38.5 Å². The van der Waals surface area contributed by atoms with Crippen LogP contribution in [0.5, 0.6) is 0 Å². The average molecular weight is 169 g/mol. The van der Waals surface area contributed by atoms with E-state index in [1.54, 1.807) is 6.92 Å². The van der Waals surface area contributed by atoms with Gasteiger partial charge in [0.15, 0.2) is 0 Å². The number of hydrogen-bond donors (Lipinski definition) is 1. The lowest BCUT2D eigenvalue weighted by molar-refractivity contribution is -0.116. The molecule has 0 aliphatic heterocycles. The van der Waals surface area contributed by atoms with Gasteiger partial charge in [-0.1, -0.05) is 6.92 Å². The molecule has 2 heteroatoms. The second-order valence-corrected chi connectivity index (χ2v) is 4.04. The molecule has 12 heavy (non-hydrogen) atoms. The van der Waals surface area contributed by atoms with E-state index in [0.717, 1.165) is 5.92 Å². The molecule has 1 saturated carbocycles. The van der Waals surface area contributed by atoms with Crippen LogP contribution in [0.25, 0.3) is 0 Å². The Morgan fingerprint density at radius 2 is 1.92 bits per heavy atom. The lowest BCUT2D eigenvalue weighted by Gasteiger charge is -2.26. The van der Waals surface area contributed by atoms with E-state index in [9.17, 15) is 4.79 Å². The molecule has 1 rings (SSSR count). The minimum absolute atomic E-state index is 0.244. The molecule has 1 aliphatic rings. The van der Waals surface area contributed by atoms with Crippen LogP contribution in [0.15, 0.2) is 0 Å². The smallest absolute Gasteiger partial charge is 0.143 e. The van der Waals surface area contributed by atoms with Gasteiger partial charge >= 0.3 is 0 Å². The predicted molar refractivity (Wildman–Crippen MR) is 50.1 cm³/mol. The standard InChI is InChI=1S/C10H19NO/c1-8-3-5-10(6-4-8)11-7-9(2)12/h8,10-11H,3-7H2,1-2H3. The first-order valence-corrected chi connectivity index (χ1v) is 4.91. The lowest BCUT2D eigenvalue weighted by Crippen LogP contribution is -2.35. The second-order valence-electron chi connectivity index (χ2n) is 4.04. The van der Waals surface area contributed by atoms with Crippen molar-refractivity contribution in [2.45, 2.75) is 45.6 Å². The fourth-order valence-electron chi connectivity index (χ4n) is 1.75. The molecule has 0 aromatic heterocycles. The van der Waals surface area contributed by atoms with Crippen molar-refractivity contribution in [1.82, 2.24) is 5.32 Å².